The molecule has 0 saturated carbocycles. The molecule has 0 saturated heterocycles. The Labute approximate surface area is 130 Å². The van der Waals surface area contributed by atoms with Crippen LogP contribution in [0.3, 0.4) is 0 Å². The summed E-state index contributed by atoms with van der Waals surface area (Å²) >= 11 is 1.85. The van der Waals surface area contributed by atoms with E-state index in [1.54, 1.807) is 0 Å². The van der Waals surface area contributed by atoms with Crippen molar-refractivity contribution in [1.82, 2.24) is 4.90 Å². The molecule has 0 radical (unpaired) electrons. The number of hydrogen-bond donors (Lipinski definition) is 2. The Bertz CT molecular complexity index is 548. The number of aliphatic hydroxyl groups is 1. The second-order valence-corrected chi connectivity index (χ2v) is 7.08. The molecule has 5 heteroatoms. The first kappa shape index (κ1) is 16.2. The molecule has 2 aromatic rings. The summed E-state index contributed by atoms with van der Waals surface area (Å²) in [5, 5.41) is 9.09. The van der Waals surface area contributed by atoms with E-state index in [1.165, 1.54) is 14.7 Å². The predicted molar refractivity (Wildman–Crippen MR) is 85.5 cm³/mol. The number of thiophene rings is 1. The summed E-state index contributed by atoms with van der Waals surface area (Å²) < 4.78 is 5.62. The minimum atomic E-state index is -0.0357. The zero-order chi connectivity index (χ0) is 15.2. The summed E-state index contributed by atoms with van der Waals surface area (Å²) in [6.45, 7) is 5.95. The van der Waals surface area contributed by atoms with Gasteiger partial charge in [-0.05, 0) is 31.2 Å². The Balaban J connectivity index is 2.00. The summed E-state index contributed by atoms with van der Waals surface area (Å²) in [5.74, 6) is 1.55. The molecule has 0 aliphatic carbocycles. The second kappa shape index (κ2) is 7.75. The van der Waals surface area contributed by atoms with Crippen LogP contribution in [-0.2, 0) is 19.7 Å². The van der Waals surface area contributed by atoms with Gasteiger partial charge in [0.05, 0.1) is 27.2 Å². The van der Waals surface area contributed by atoms with E-state index in [1.807, 2.05) is 23.5 Å². The number of aryl methyl sites for hydroxylation is 1. The fourth-order valence-corrected chi connectivity index (χ4v) is 3.13. The van der Waals surface area contributed by atoms with E-state index in [4.69, 9.17) is 9.52 Å². The molecular weight excluding hydrogens is 284 g/mol. The third-order valence-corrected chi connectivity index (χ3v) is 4.34. The van der Waals surface area contributed by atoms with Crippen molar-refractivity contribution in [3.05, 3.63) is 45.5 Å². The van der Waals surface area contributed by atoms with Crippen LogP contribution in [-0.4, -0.2) is 37.2 Å². The lowest BCUT2D eigenvalue weighted by Crippen LogP contribution is -3.06. The first-order chi connectivity index (χ1) is 10.1. The van der Waals surface area contributed by atoms with E-state index in [2.05, 4.69) is 38.1 Å². The van der Waals surface area contributed by atoms with Gasteiger partial charge < -0.3 is 14.4 Å². The summed E-state index contributed by atoms with van der Waals surface area (Å²) in [6, 6.07) is 8.18. The van der Waals surface area contributed by atoms with Gasteiger partial charge in [0, 0.05) is 22.8 Å². The molecule has 0 amide bonds. The molecule has 2 N–H and O–H groups in total. The van der Waals surface area contributed by atoms with Gasteiger partial charge in [-0.2, -0.15) is 0 Å². The zero-order valence-electron chi connectivity index (χ0n) is 13.1. The average molecular weight is 309 g/mol. The largest absolute Gasteiger partial charge is 0.462 e. The van der Waals surface area contributed by atoms with Gasteiger partial charge in [-0.3, -0.25) is 4.90 Å². The minimum Gasteiger partial charge on any atom is -0.462 e. The topological polar surface area (TPSA) is 41.0 Å². The zero-order valence-corrected chi connectivity index (χ0v) is 13.9. The van der Waals surface area contributed by atoms with Gasteiger partial charge in [0.15, 0.2) is 0 Å². The summed E-state index contributed by atoms with van der Waals surface area (Å²) in [6.07, 6.45) is 0. The monoisotopic (exact) mass is 309 g/mol. The highest BCUT2D eigenvalue weighted by atomic mass is 32.1. The van der Waals surface area contributed by atoms with Crippen LogP contribution in [0.2, 0.25) is 0 Å². The molecule has 0 unspecified atom stereocenters. The molecular formula is C16H25N2O2S+. The maximum Gasteiger partial charge on any atom is 0.129 e. The third-order valence-electron chi connectivity index (χ3n) is 3.36. The van der Waals surface area contributed by atoms with Crippen molar-refractivity contribution >= 4 is 11.3 Å². The van der Waals surface area contributed by atoms with Crippen molar-refractivity contribution in [3.8, 4) is 0 Å². The van der Waals surface area contributed by atoms with Crippen molar-refractivity contribution in [1.29, 1.82) is 0 Å². The maximum absolute atomic E-state index is 9.09. The number of hydrogen-bond acceptors (Lipinski definition) is 4. The Morgan fingerprint density at radius 1 is 1.14 bits per heavy atom. The Morgan fingerprint density at radius 2 is 1.90 bits per heavy atom. The SMILES string of the molecule is Cc1ccc(CN(CC[NH+](C)C)Cc2ccc(CO)o2)s1. The van der Waals surface area contributed by atoms with E-state index in [-0.39, 0.29) is 6.61 Å². The van der Waals surface area contributed by atoms with Crippen LogP contribution >= 0.6 is 11.3 Å². The smallest absolute Gasteiger partial charge is 0.129 e. The fourth-order valence-electron chi connectivity index (χ4n) is 2.20. The van der Waals surface area contributed by atoms with Crippen LogP contribution in [0.1, 0.15) is 21.3 Å². The minimum absolute atomic E-state index is 0.0357. The number of nitrogens with zero attached hydrogens (tertiary/aromatic N) is 1. The molecule has 0 aromatic carbocycles. The van der Waals surface area contributed by atoms with Crippen LogP contribution in [0, 0.1) is 6.92 Å². The van der Waals surface area contributed by atoms with Gasteiger partial charge in [0.1, 0.15) is 18.1 Å². The van der Waals surface area contributed by atoms with Crippen molar-refractivity contribution in [2.75, 3.05) is 27.2 Å². The number of rotatable bonds is 8. The Morgan fingerprint density at radius 3 is 2.48 bits per heavy atom. The predicted octanol–water partition coefficient (Wildman–Crippen LogP) is 1.29. The molecule has 2 aromatic heterocycles. The highest BCUT2D eigenvalue weighted by molar-refractivity contribution is 7.11. The van der Waals surface area contributed by atoms with Gasteiger partial charge in [0.25, 0.3) is 0 Å². The highest BCUT2D eigenvalue weighted by Crippen LogP contribution is 2.19. The highest BCUT2D eigenvalue weighted by Gasteiger charge is 2.12. The lowest BCUT2D eigenvalue weighted by Gasteiger charge is -2.21. The van der Waals surface area contributed by atoms with Crippen molar-refractivity contribution in [2.45, 2.75) is 26.6 Å². The summed E-state index contributed by atoms with van der Waals surface area (Å²) in [7, 11) is 4.34. The molecule has 0 bridgehead atoms. The molecule has 0 aliphatic heterocycles. The first-order valence-corrected chi connectivity index (χ1v) is 8.13. The van der Waals surface area contributed by atoms with E-state index in [9.17, 15) is 0 Å². The van der Waals surface area contributed by atoms with Gasteiger partial charge >= 0.3 is 0 Å². The third kappa shape index (κ3) is 5.28. The van der Waals surface area contributed by atoms with Crippen molar-refractivity contribution in [3.63, 3.8) is 0 Å². The molecule has 4 nitrogen and oxygen atoms in total. The van der Waals surface area contributed by atoms with Crippen molar-refractivity contribution < 1.29 is 14.4 Å². The molecule has 116 valence electrons. The lowest BCUT2D eigenvalue weighted by molar-refractivity contribution is -0.857. The van der Waals surface area contributed by atoms with Crippen LogP contribution in [0.15, 0.2) is 28.7 Å². The lowest BCUT2D eigenvalue weighted by atomic mass is 10.3. The summed E-state index contributed by atoms with van der Waals surface area (Å²) in [5.41, 5.74) is 0. The summed E-state index contributed by atoms with van der Waals surface area (Å²) in [4.78, 5) is 6.58. The number of nitrogens with one attached hydrogen (secondary N) is 1. The van der Waals surface area contributed by atoms with Crippen LogP contribution < -0.4 is 4.90 Å². The quantitative estimate of drug-likeness (QED) is 0.772. The number of likely N-dealkylation sites (N-methyl/N-ethyl adjacent to an activating group) is 1. The number of aliphatic hydroxyl groups excluding tert-OH is 1. The van der Waals surface area contributed by atoms with Crippen LogP contribution in [0.25, 0.3) is 0 Å². The van der Waals surface area contributed by atoms with E-state index < -0.39 is 0 Å². The standard InChI is InChI=1S/C16H24N2O2S/c1-13-4-7-16(21-13)11-18(9-8-17(2)3)10-14-5-6-15(12-19)20-14/h4-7,19H,8-12H2,1-3H3/p+1. The molecule has 0 atom stereocenters. The molecule has 0 spiro atoms. The average Bonchev–Trinajstić information content (AvgIpc) is 3.05. The number of quaternary nitrogens is 1. The van der Waals surface area contributed by atoms with Gasteiger partial charge in [-0.1, -0.05) is 0 Å². The van der Waals surface area contributed by atoms with Gasteiger partial charge in [-0.25, -0.2) is 0 Å². The van der Waals surface area contributed by atoms with Gasteiger partial charge in [-0.15, -0.1) is 11.3 Å². The normalized spacial score (nSPS) is 11.7. The Kier molecular flexibility index (Phi) is 5.99. The molecule has 2 heterocycles. The van der Waals surface area contributed by atoms with Crippen LogP contribution in [0.4, 0.5) is 0 Å². The van der Waals surface area contributed by atoms with E-state index >= 15 is 0 Å². The Hall–Kier alpha value is -1.14. The fraction of sp³-hybridized carbons (Fsp3) is 0.500. The second-order valence-electron chi connectivity index (χ2n) is 5.71. The van der Waals surface area contributed by atoms with Crippen molar-refractivity contribution in [2.24, 2.45) is 0 Å². The number of furan rings is 1. The first-order valence-electron chi connectivity index (χ1n) is 7.32. The molecule has 0 fully saturated rings. The molecule has 2 rings (SSSR count). The van der Waals surface area contributed by atoms with Crippen LogP contribution in [0.5, 0.6) is 0 Å². The van der Waals surface area contributed by atoms with E-state index in [0.717, 1.165) is 31.9 Å². The molecule has 21 heavy (non-hydrogen) atoms. The van der Waals surface area contributed by atoms with E-state index in [0.29, 0.717) is 5.76 Å². The molecule has 0 aliphatic rings. The van der Waals surface area contributed by atoms with Gasteiger partial charge in [0.2, 0.25) is 0 Å². The maximum atomic E-state index is 9.09.